The second-order valence-electron chi connectivity index (χ2n) is 6.02. The van der Waals surface area contributed by atoms with E-state index >= 15 is 0 Å². The van der Waals surface area contributed by atoms with Crippen LogP contribution in [0.25, 0.3) is 0 Å². The second-order valence-corrected chi connectivity index (χ2v) is 6.02. The number of esters is 1. The van der Waals surface area contributed by atoms with E-state index in [1.807, 2.05) is 30.3 Å². The van der Waals surface area contributed by atoms with Crippen LogP contribution in [0, 0.1) is 0 Å². The summed E-state index contributed by atoms with van der Waals surface area (Å²) in [5, 5.41) is 3.30. The van der Waals surface area contributed by atoms with Crippen LogP contribution in [0.2, 0.25) is 0 Å². The molecule has 25 heavy (non-hydrogen) atoms. The van der Waals surface area contributed by atoms with Crippen molar-refractivity contribution in [2.24, 2.45) is 0 Å². The van der Waals surface area contributed by atoms with Crippen LogP contribution in [0.15, 0.2) is 54.6 Å². The van der Waals surface area contributed by atoms with Gasteiger partial charge >= 0.3 is 5.97 Å². The van der Waals surface area contributed by atoms with E-state index in [-0.39, 0.29) is 18.6 Å². The van der Waals surface area contributed by atoms with E-state index < -0.39 is 6.10 Å². The summed E-state index contributed by atoms with van der Waals surface area (Å²) in [5.74, 6) is 0.156. The Hall–Kier alpha value is -2.66. The van der Waals surface area contributed by atoms with Crippen molar-refractivity contribution in [3.63, 3.8) is 0 Å². The zero-order valence-electron chi connectivity index (χ0n) is 13.9. The van der Waals surface area contributed by atoms with Crippen molar-refractivity contribution < 1.29 is 19.1 Å². The number of ether oxygens (including phenoxy) is 2. The smallest absolute Gasteiger partial charge is 0.349 e. The molecule has 2 aromatic carbocycles. The van der Waals surface area contributed by atoms with Gasteiger partial charge in [0.1, 0.15) is 18.6 Å². The molecule has 2 aromatic rings. The zero-order chi connectivity index (χ0) is 17.5. The fourth-order valence-electron chi connectivity index (χ4n) is 2.85. The van der Waals surface area contributed by atoms with E-state index in [0.717, 1.165) is 31.2 Å². The molecule has 5 nitrogen and oxygen atoms in total. The van der Waals surface area contributed by atoms with Crippen molar-refractivity contribution in [1.29, 1.82) is 0 Å². The molecule has 0 aliphatic carbocycles. The van der Waals surface area contributed by atoms with E-state index in [4.69, 9.17) is 9.47 Å². The number of carbonyl (C=O) groups is 2. The Bertz CT molecular complexity index is 693. The Balaban J connectivity index is 1.67. The molecule has 0 bridgehead atoms. The maximum absolute atomic E-state index is 12.6. The molecule has 1 saturated heterocycles. The number of benzene rings is 2. The first kappa shape index (κ1) is 17.2. The summed E-state index contributed by atoms with van der Waals surface area (Å²) in [6.07, 6.45) is 1.92. The molecule has 0 radical (unpaired) electrons. The Kier molecular flexibility index (Phi) is 5.80. The molecule has 0 amide bonds. The van der Waals surface area contributed by atoms with Gasteiger partial charge < -0.3 is 14.8 Å². The van der Waals surface area contributed by atoms with Gasteiger partial charge in [-0.2, -0.15) is 0 Å². The quantitative estimate of drug-likeness (QED) is 0.621. The van der Waals surface area contributed by atoms with Crippen LogP contribution in [0.3, 0.4) is 0 Å². The van der Waals surface area contributed by atoms with Gasteiger partial charge in [-0.1, -0.05) is 30.3 Å². The Morgan fingerprint density at radius 1 is 1.16 bits per heavy atom. The summed E-state index contributed by atoms with van der Waals surface area (Å²) in [5.41, 5.74) is 1.50. The van der Waals surface area contributed by atoms with Crippen LogP contribution in [-0.4, -0.2) is 30.9 Å². The molecule has 0 aromatic heterocycles. The van der Waals surface area contributed by atoms with Crippen molar-refractivity contribution >= 4 is 12.3 Å². The van der Waals surface area contributed by atoms with Gasteiger partial charge in [-0.3, -0.25) is 4.79 Å². The third-order valence-corrected chi connectivity index (χ3v) is 4.20. The molecular formula is C20H21NO4. The summed E-state index contributed by atoms with van der Waals surface area (Å²) >= 11 is 0. The Labute approximate surface area is 147 Å². The van der Waals surface area contributed by atoms with E-state index in [1.165, 1.54) is 0 Å². The van der Waals surface area contributed by atoms with Crippen molar-refractivity contribution in [3.8, 4) is 5.75 Å². The molecular weight excluding hydrogens is 318 g/mol. The lowest BCUT2D eigenvalue weighted by molar-refractivity contribution is -0.154. The zero-order valence-corrected chi connectivity index (χ0v) is 13.9. The minimum absolute atomic E-state index is 0.0750. The van der Waals surface area contributed by atoms with E-state index in [9.17, 15) is 9.59 Å². The van der Waals surface area contributed by atoms with Crippen LogP contribution in [0.4, 0.5) is 0 Å². The number of rotatable bonds is 7. The largest absolute Gasteiger partial charge is 0.477 e. The summed E-state index contributed by atoms with van der Waals surface area (Å²) in [4.78, 5) is 23.3. The third-order valence-electron chi connectivity index (χ3n) is 4.20. The lowest BCUT2D eigenvalue weighted by atomic mass is 10.1. The first-order valence-corrected chi connectivity index (χ1v) is 8.42. The number of nitrogens with one attached hydrogen (secondary N) is 1. The molecule has 0 saturated carbocycles. The highest BCUT2D eigenvalue weighted by Gasteiger charge is 2.33. The van der Waals surface area contributed by atoms with Crippen molar-refractivity contribution in [2.45, 2.75) is 31.6 Å². The highest BCUT2D eigenvalue weighted by Crippen LogP contribution is 2.19. The normalized spacial score (nSPS) is 17.7. The molecule has 5 heteroatoms. The minimum Gasteiger partial charge on any atom is -0.477 e. The van der Waals surface area contributed by atoms with E-state index in [1.54, 1.807) is 24.3 Å². The lowest BCUT2D eigenvalue weighted by Gasteiger charge is -2.23. The fraction of sp³-hybridized carbons (Fsp3) is 0.300. The molecule has 1 N–H and O–H groups in total. The lowest BCUT2D eigenvalue weighted by Crippen LogP contribution is -2.45. The van der Waals surface area contributed by atoms with Gasteiger partial charge in [0.05, 0.1) is 6.04 Å². The molecule has 3 rings (SSSR count). The third kappa shape index (κ3) is 4.67. The van der Waals surface area contributed by atoms with Gasteiger partial charge in [0.15, 0.2) is 0 Å². The van der Waals surface area contributed by atoms with Crippen LogP contribution in [0.1, 0.15) is 28.8 Å². The van der Waals surface area contributed by atoms with Crippen molar-refractivity contribution in [1.82, 2.24) is 5.32 Å². The first-order chi connectivity index (χ1) is 12.3. The Morgan fingerprint density at radius 2 is 1.92 bits per heavy atom. The van der Waals surface area contributed by atoms with Crippen LogP contribution >= 0.6 is 0 Å². The van der Waals surface area contributed by atoms with Crippen molar-refractivity contribution in [3.05, 3.63) is 65.7 Å². The van der Waals surface area contributed by atoms with Gasteiger partial charge in [0.25, 0.3) is 0 Å². The number of hydrogen-bond donors (Lipinski definition) is 1. The first-order valence-electron chi connectivity index (χ1n) is 8.42. The number of carbonyl (C=O) groups excluding carboxylic acids is 2. The van der Waals surface area contributed by atoms with Crippen molar-refractivity contribution in [2.75, 3.05) is 6.54 Å². The molecule has 1 fully saturated rings. The van der Waals surface area contributed by atoms with Gasteiger partial charge in [0, 0.05) is 5.56 Å². The van der Waals surface area contributed by atoms with Gasteiger partial charge in [-0.05, 0) is 49.2 Å². The van der Waals surface area contributed by atoms with Gasteiger partial charge in [-0.25, -0.2) is 4.79 Å². The standard InChI is InChI=1S/C20H21NO4/c22-13-15-8-10-17(11-9-15)25-19(18-7-4-12-21-18)20(23)24-14-16-5-2-1-3-6-16/h1-3,5-6,8-11,13,18-19,21H,4,7,12,14H2/t18-,19?/m0/s1. The Morgan fingerprint density at radius 3 is 2.56 bits per heavy atom. The molecule has 1 unspecified atom stereocenters. The molecule has 1 aliphatic heterocycles. The van der Waals surface area contributed by atoms with E-state index in [2.05, 4.69) is 5.32 Å². The van der Waals surface area contributed by atoms with Gasteiger partial charge in [0.2, 0.25) is 6.10 Å². The summed E-state index contributed by atoms with van der Waals surface area (Å²) in [7, 11) is 0. The number of aldehydes is 1. The van der Waals surface area contributed by atoms with E-state index in [0.29, 0.717) is 11.3 Å². The predicted molar refractivity (Wildman–Crippen MR) is 93.5 cm³/mol. The SMILES string of the molecule is O=Cc1ccc(OC(C(=O)OCc2ccccc2)[C@@H]2CCCN2)cc1. The molecule has 1 heterocycles. The molecule has 0 spiro atoms. The van der Waals surface area contributed by atoms with Crippen LogP contribution in [-0.2, 0) is 16.1 Å². The topological polar surface area (TPSA) is 64.6 Å². The number of hydrogen-bond acceptors (Lipinski definition) is 5. The average molecular weight is 339 g/mol. The van der Waals surface area contributed by atoms with Crippen LogP contribution in [0.5, 0.6) is 5.75 Å². The second kappa shape index (κ2) is 8.44. The van der Waals surface area contributed by atoms with Gasteiger partial charge in [-0.15, -0.1) is 0 Å². The summed E-state index contributed by atoms with van der Waals surface area (Å²) < 4.78 is 11.4. The maximum atomic E-state index is 12.6. The fourth-order valence-corrected chi connectivity index (χ4v) is 2.85. The summed E-state index contributed by atoms with van der Waals surface area (Å²) in [6.45, 7) is 1.08. The molecule has 2 atom stereocenters. The molecule has 1 aliphatic rings. The average Bonchev–Trinajstić information content (AvgIpc) is 3.20. The summed E-state index contributed by atoms with van der Waals surface area (Å²) in [6, 6.07) is 16.2. The highest BCUT2D eigenvalue weighted by atomic mass is 16.6. The monoisotopic (exact) mass is 339 g/mol. The highest BCUT2D eigenvalue weighted by molar-refractivity contribution is 5.77. The predicted octanol–water partition coefficient (Wildman–Crippen LogP) is 2.74. The molecule has 130 valence electrons. The maximum Gasteiger partial charge on any atom is 0.349 e. The minimum atomic E-state index is -0.715. The van der Waals surface area contributed by atoms with Crippen LogP contribution < -0.4 is 10.1 Å².